The van der Waals surface area contributed by atoms with Crippen LogP contribution in [-0.2, 0) is 6.54 Å². The van der Waals surface area contributed by atoms with Gasteiger partial charge in [-0.05, 0) is 30.0 Å². The molecule has 0 unspecified atom stereocenters. The van der Waals surface area contributed by atoms with Crippen LogP contribution in [-0.4, -0.2) is 18.9 Å². The highest BCUT2D eigenvalue weighted by Crippen LogP contribution is 2.19. The van der Waals surface area contributed by atoms with Gasteiger partial charge in [-0.2, -0.15) is 0 Å². The summed E-state index contributed by atoms with van der Waals surface area (Å²) in [6, 6.07) is 5.84. The van der Waals surface area contributed by atoms with Gasteiger partial charge in [0, 0.05) is 12.4 Å². The summed E-state index contributed by atoms with van der Waals surface area (Å²) in [5, 5.41) is 1.97. The molecule has 0 radical (unpaired) electrons. The van der Waals surface area contributed by atoms with E-state index in [1.165, 1.54) is 11.3 Å². The van der Waals surface area contributed by atoms with Crippen LogP contribution in [0.5, 0.6) is 0 Å². The number of thiophene rings is 1. The van der Waals surface area contributed by atoms with E-state index in [-0.39, 0.29) is 5.56 Å². The third-order valence-corrected chi connectivity index (χ3v) is 4.54. The second-order valence-electron chi connectivity index (χ2n) is 4.97. The van der Waals surface area contributed by atoms with Crippen molar-refractivity contribution in [1.29, 1.82) is 0 Å². The first-order valence-corrected chi connectivity index (χ1v) is 7.46. The van der Waals surface area contributed by atoms with Crippen molar-refractivity contribution < 1.29 is 0 Å². The van der Waals surface area contributed by atoms with Gasteiger partial charge in [-0.3, -0.25) is 9.36 Å². The summed E-state index contributed by atoms with van der Waals surface area (Å²) in [6.07, 6.45) is 5.48. The van der Waals surface area contributed by atoms with Crippen LogP contribution in [0, 0.1) is 6.92 Å². The zero-order valence-electron chi connectivity index (χ0n) is 11.4. The second kappa shape index (κ2) is 4.53. The van der Waals surface area contributed by atoms with Gasteiger partial charge in [-0.15, -0.1) is 11.3 Å². The number of imidazole rings is 1. The second-order valence-corrected chi connectivity index (χ2v) is 5.85. The summed E-state index contributed by atoms with van der Waals surface area (Å²) in [5.41, 5.74) is 3.57. The van der Waals surface area contributed by atoms with Crippen molar-refractivity contribution in [2.75, 3.05) is 0 Å². The molecule has 4 aromatic heterocycles. The fraction of sp³-hybridized carbons (Fsp3) is 0.133. The summed E-state index contributed by atoms with van der Waals surface area (Å²) in [6.45, 7) is 2.40. The quantitative estimate of drug-likeness (QED) is 0.571. The molecule has 4 heterocycles. The Labute approximate surface area is 124 Å². The maximum Gasteiger partial charge on any atom is 0.271 e. The zero-order valence-corrected chi connectivity index (χ0v) is 12.2. The molecule has 0 aliphatic rings. The average Bonchev–Trinajstić information content (AvgIpc) is 3.06. The number of fused-ring (bicyclic) bond motifs is 2. The van der Waals surface area contributed by atoms with Crippen LogP contribution >= 0.6 is 11.3 Å². The van der Waals surface area contributed by atoms with E-state index in [1.54, 1.807) is 10.9 Å². The molecule has 0 aromatic carbocycles. The predicted octanol–water partition coefficient (Wildman–Crippen LogP) is 2.46. The number of pyridine rings is 1. The Morgan fingerprint density at radius 2 is 2.24 bits per heavy atom. The highest BCUT2D eigenvalue weighted by atomic mass is 32.1. The molecule has 0 saturated carbocycles. The van der Waals surface area contributed by atoms with E-state index in [0.29, 0.717) is 11.2 Å². The molecular weight excluding hydrogens is 284 g/mol. The van der Waals surface area contributed by atoms with Crippen molar-refractivity contribution >= 4 is 27.2 Å². The van der Waals surface area contributed by atoms with E-state index in [0.717, 1.165) is 22.4 Å². The molecule has 21 heavy (non-hydrogen) atoms. The Balaban J connectivity index is 1.80. The van der Waals surface area contributed by atoms with Gasteiger partial charge >= 0.3 is 0 Å². The lowest BCUT2D eigenvalue weighted by molar-refractivity contribution is 0.735. The monoisotopic (exact) mass is 296 g/mol. The molecule has 5 nitrogen and oxygen atoms in total. The van der Waals surface area contributed by atoms with Crippen molar-refractivity contribution in [1.82, 2.24) is 18.9 Å². The minimum absolute atomic E-state index is 0.00449. The fourth-order valence-corrected chi connectivity index (χ4v) is 3.36. The summed E-state index contributed by atoms with van der Waals surface area (Å²) >= 11 is 1.45. The Morgan fingerprint density at radius 3 is 3.10 bits per heavy atom. The van der Waals surface area contributed by atoms with Gasteiger partial charge in [0.05, 0.1) is 24.1 Å². The van der Waals surface area contributed by atoms with Gasteiger partial charge in [0.1, 0.15) is 10.3 Å². The Hall–Kier alpha value is -2.47. The normalized spacial score (nSPS) is 11.5. The molecule has 0 spiro atoms. The maximum atomic E-state index is 12.5. The molecule has 104 valence electrons. The molecule has 0 atom stereocenters. The lowest BCUT2D eigenvalue weighted by atomic mass is 10.3. The topological polar surface area (TPSA) is 52.2 Å². The predicted molar refractivity (Wildman–Crippen MR) is 82.9 cm³/mol. The molecule has 0 N–H and O–H groups in total. The number of hydrogen-bond acceptors (Lipinski definition) is 4. The van der Waals surface area contributed by atoms with Crippen LogP contribution in [0.4, 0.5) is 0 Å². The minimum Gasteiger partial charge on any atom is -0.307 e. The number of aryl methyl sites for hydroxylation is 1. The highest BCUT2D eigenvalue weighted by molar-refractivity contribution is 7.17. The van der Waals surface area contributed by atoms with Crippen LogP contribution in [0.3, 0.4) is 0 Å². The molecule has 0 saturated heterocycles. The number of rotatable bonds is 2. The van der Waals surface area contributed by atoms with E-state index >= 15 is 0 Å². The van der Waals surface area contributed by atoms with Crippen molar-refractivity contribution in [2.45, 2.75) is 13.5 Å². The van der Waals surface area contributed by atoms with Crippen molar-refractivity contribution in [3.8, 4) is 0 Å². The molecule has 6 heteroatoms. The molecule has 0 aliphatic carbocycles. The van der Waals surface area contributed by atoms with Gasteiger partial charge < -0.3 is 4.40 Å². The summed E-state index contributed by atoms with van der Waals surface area (Å²) in [7, 11) is 0. The molecule has 0 aliphatic heterocycles. The SMILES string of the molecule is Cc1csc2c(=O)n(Cc3cn4ccccc4n3)cnc12. The molecule has 0 bridgehead atoms. The van der Waals surface area contributed by atoms with Crippen LogP contribution < -0.4 is 5.56 Å². The van der Waals surface area contributed by atoms with Gasteiger partial charge in [0.2, 0.25) is 0 Å². The van der Waals surface area contributed by atoms with E-state index in [1.807, 2.05) is 47.3 Å². The van der Waals surface area contributed by atoms with Crippen LogP contribution in [0.25, 0.3) is 15.9 Å². The molecule has 4 rings (SSSR count). The van der Waals surface area contributed by atoms with Crippen LogP contribution in [0.1, 0.15) is 11.3 Å². The largest absolute Gasteiger partial charge is 0.307 e. The standard InChI is InChI=1S/C15H12N4OS/c1-10-8-21-14-13(10)16-9-19(15(14)20)7-11-6-18-5-3-2-4-12(18)17-11/h2-6,8-9H,7H2,1H3. The number of hydrogen-bond donors (Lipinski definition) is 0. The van der Waals surface area contributed by atoms with E-state index in [4.69, 9.17) is 0 Å². The summed E-state index contributed by atoms with van der Waals surface area (Å²) < 4.78 is 4.26. The lowest BCUT2D eigenvalue weighted by Crippen LogP contribution is -2.20. The minimum atomic E-state index is -0.00449. The molecule has 0 amide bonds. The Morgan fingerprint density at radius 1 is 1.33 bits per heavy atom. The van der Waals surface area contributed by atoms with Crippen molar-refractivity contribution in [3.05, 3.63) is 63.9 Å². The Kier molecular flexibility index (Phi) is 2.65. The number of aromatic nitrogens is 4. The first-order valence-electron chi connectivity index (χ1n) is 6.58. The van der Waals surface area contributed by atoms with Gasteiger partial charge in [-0.25, -0.2) is 9.97 Å². The van der Waals surface area contributed by atoms with E-state index < -0.39 is 0 Å². The maximum absolute atomic E-state index is 12.5. The highest BCUT2D eigenvalue weighted by Gasteiger charge is 2.10. The first-order chi connectivity index (χ1) is 10.2. The van der Waals surface area contributed by atoms with Gasteiger partial charge in [0.15, 0.2) is 0 Å². The van der Waals surface area contributed by atoms with Crippen LogP contribution in [0.2, 0.25) is 0 Å². The van der Waals surface area contributed by atoms with E-state index in [9.17, 15) is 4.79 Å². The van der Waals surface area contributed by atoms with Gasteiger partial charge in [-0.1, -0.05) is 6.07 Å². The summed E-state index contributed by atoms with van der Waals surface area (Å²) in [4.78, 5) is 21.4. The number of nitrogens with zero attached hydrogens (tertiary/aromatic N) is 4. The van der Waals surface area contributed by atoms with Crippen molar-refractivity contribution in [3.63, 3.8) is 0 Å². The van der Waals surface area contributed by atoms with E-state index in [2.05, 4.69) is 9.97 Å². The molecular formula is C15H12N4OS. The first kappa shape index (κ1) is 12.3. The summed E-state index contributed by atoms with van der Waals surface area (Å²) in [5.74, 6) is 0. The van der Waals surface area contributed by atoms with Crippen molar-refractivity contribution in [2.24, 2.45) is 0 Å². The average molecular weight is 296 g/mol. The van der Waals surface area contributed by atoms with Crippen LogP contribution in [0.15, 0.2) is 47.1 Å². The molecule has 4 aromatic rings. The smallest absolute Gasteiger partial charge is 0.271 e. The lowest BCUT2D eigenvalue weighted by Gasteiger charge is -2.02. The third-order valence-electron chi connectivity index (χ3n) is 3.47. The third kappa shape index (κ3) is 1.95. The fourth-order valence-electron chi connectivity index (χ4n) is 2.41. The molecule has 0 fully saturated rings. The Bertz CT molecular complexity index is 978. The zero-order chi connectivity index (χ0) is 14.4. The van der Waals surface area contributed by atoms with Gasteiger partial charge in [0.25, 0.3) is 5.56 Å².